The lowest BCUT2D eigenvalue weighted by atomic mass is 9.80. The standard InChI is InChI=1S/C15H21ClN2O2/c16-13-6-4-12(5-7-13)3-1-10-17-14(19)18-11-15(20)8-2-9-15/h4-7,20H,1-3,8-11H2,(H2,17,18,19). The van der Waals surface area contributed by atoms with Crippen molar-refractivity contribution in [3.8, 4) is 0 Å². The van der Waals surface area contributed by atoms with Crippen LogP contribution in [0.15, 0.2) is 24.3 Å². The number of carbonyl (C=O) groups is 1. The molecule has 0 aliphatic heterocycles. The Balaban J connectivity index is 1.56. The second-order valence-corrected chi connectivity index (χ2v) is 5.85. The fourth-order valence-corrected chi connectivity index (χ4v) is 2.34. The van der Waals surface area contributed by atoms with E-state index in [4.69, 9.17) is 11.6 Å². The number of carbonyl (C=O) groups excluding carboxylic acids is 1. The van der Waals surface area contributed by atoms with Gasteiger partial charge in [0.1, 0.15) is 0 Å². The van der Waals surface area contributed by atoms with Crippen LogP contribution in [0.5, 0.6) is 0 Å². The Morgan fingerprint density at radius 3 is 2.55 bits per heavy atom. The summed E-state index contributed by atoms with van der Waals surface area (Å²) in [5.41, 5.74) is 0.543. The maximum atomic E-state index is 11.5. The van der Waals surface area contributed by atoms with Crippen molar-refractivity contribution in [2.45, 2.75) is 37.7 Å². The number of aliphatic hydroxyl groups is 1. The van der Waals surface area contributed by atoms with Crippen LogP contribution in [-0.2, 0) is 6.42 Å². The van der Waals surface area contributed by atoms with Crippen molar-refractivity contribution in [2.24, 2.45) is 0 Å². The monoisotopic (exact) mass is 296 g/mol. The van der Waals surface area contributed by atoms with Crippen molar-refractivity contribution >= 4 is 17.6 Å². The van der Waals surface area contributed by atoms with Gasteiger partial charge in [0.2, 0.25) is 0 Å². The van der Waals surface area contributed by atoms with E-state index in [1.165, 1.54) is 5.56 Å². The minimum absolute atomic E-state index is 0.207. The lowest BCUT2D eigenvalue weighted by Crippen LogP contribution is -2.50. The Kier molecular flexibility index (Phi) is 5.26. The summed E-state index contributed by atoms with van der Waals surface area (Å²) in [6, 6.07) is 7.52. The summed E-state index contributed by atoms with van der Waals surface area (Å²) in [5, 5.41) is 16.1. The number of amides is 2. The molecular weight excluding hydrogens is 276 g/mol. The summed E-state index contributed by atoms with van der Waals surface area (Å²) in [7, 11) is 0. The molecule has 1 fully saturated rings. The van der Waals surface area contributed by atoms with Gasteiger partial charge in [0, 0.05) is 18.1 Å². The minimum Gasteiger partial charge on any atom is -0.388 e. The molecule has 0 spiro atoms. The third-order valence-corrected chi connectivity index (χ3v) is 3.96. The Labute approximate surface area is 124 Å². The maximum Gasteiger partial charge on any atom is 0.314 e. The van der Waals surface area contributed by atoms with Gasteiger partial charge in [0.25, 0.3) is 0 Å². The summed E-state index contributed by atoms with van der Waals surface area (Å²) in [4.78, 5) is 11.5. The average molecular weight is 297 g/mol. The highest BCUT2D eigenvalue weighted by atomic mass is 35.5. The zero-order chi connectivity index (χ0) is 14.4. The van der Waals surface area contributed by atoms with Gasteiger partial charge in [-0.3, -0.25) is 0 Å². The van der Waals surface area contributed by atoms with E-state index in [0.717, 1.165) is 37.1 Å². The summed E-state index contributed by atoms with van der Waals surface area (Å²) < 4.78 is 0. The molecule has 0 bridgehead atoms. The third kappa shape index (κ3) is 4.69. The molecule has 20 heavy (non-hydrogen) atoms. The lowest BCUT2D eigenvalue weighted by Gasteiger charge is -2.36. The van der Waals surface area contributed by atoms with Crippen molar-refractivity contribution in [3.05, 3.63) is 34.9 Å². The molecule has 4 nitrogen and oxygen atoms in total. The van der Waals surface area contributed by atoms with Crippen LogP contribution >= 0.6 is 11.6 Å². The molecule has 5 heteroatoms. The zero-order valence-corrected chi connectivity index (χ0v) is 12.2. The topological polar surface area (TPSA) is 61.4 Å². The summed E-state index contributed by atoms with van der Waals surface area (Å²) >= 11 is 5.82. The molecule has 1 aliphatic rings. The van der Waals surface area contributed by atoms with Gasteiger partial charge < -0.3 is 15.7 Å². The van der Waals surface area contributed by atoms with Gasteiger partial charge in [0.15, 0.2) is 0 Å². The van der Waals surface area contributed by atoms with Crippen LogP contribution in [0, 0.1) is 0 Å². The Hall–Kier alpha value is -1.26. The molecule has 0 radical (unpaired) electrons. The Morgan fingerprint density at radius 2 is 1.95 bits per heavy atom. The van der Waals surface area contributed by atoms with Gasteiger partial charge in [0.05, 0.1) is 5.60 Å². The predicted molar refractivity (Wildman–Crippen MR) is 80.0 cm³/mol. The number of nitrogens with one attached hydrogen (secondary N) is 2. The first-order chi connectivity index (χ1) is 9.57. The minimum atomic E-state index is -0.666. The number of rotatable bonds is 6. The first kappa shape index (κ1) is 15.1. The Bertz CT molecular complexity index is 444. The average Bonchev–Trinajstić information content (AvgIpc) is 2.41. The second-order valence-electron chi connectivity index (χ2n) is 5.42. The number of hydrogen-bond donors (Lipinski definition) is 3. The number of urea groups is 1. The molecular formula is C15H21ClN2O2. The van der Waals surface area contributed by atoms with Crippen molar-refractivity contribution < 1.29 is 9.90 Å². The number of aryl methyl sites for hydroxylation is 1. The molecule has 2 rings (SSSR count). The van der Waals surface area contributed by atoms with Crippen LogP contribution in [-0.4, -0.2) is 29.8 Å². The maximum absolute atomic E-state index is 11.5. The zero-order valence-electron chi connectivity index (χ0n) is 11.5. The first-order valence-corrected chi connectivity index (χ1v) is 7.44. The fourth-order valence-electron chi connectivity index (χ4n) is 2.21. The van der Waals surface area contributed by atoms with Crippen LogP contribution in [0.3, 0.4) is 0 Å². The van der Waals surface area contributed by atoms with Crippen LogP contribution < -0.4 is 10.6 Å². The molecule has 110 valence electrons. The lowest BCUT2D eigenvalue weighted by molar-refractivity contribution is -0.0290. The quantitative estimate of drug-likeness (QED) is 0.706. The van der Waals surface area contributed by atoms with Gasteiger partial charge in [-0.1, -0.05) is 23.7 Å². The van der Waals surface area contributed by atoms with Crippen LogP contribution in [0.25, 0.3) is 0 Å². The van der Waals surface area contributed by atoms with E-state index in [0.29, 0.717) is 13.1 Å². The molecule has 0 atom stereocenters. The van der Waals surface area contributed by atoms with E-state index in [-0.39, 0.29) is 6.03 Å². The largest absolute Gasteiger partial charge is 0.388 e. The van der Waals surface area contributed by atoms with Gasteiger partial charge in [-0.2, -0.15) is 0 Å². The molecule has 0 aromatic heterocycles. The van der Waals surface area contributed by atoms with E-state index >= 15 is 0 Å². The first-order valence-electron chi connectivity index (χ1n) is 7.06. The molecule has 0 unspecified atom stereocenters. The summed E-state index contributed by atoms with van der Waals surface area (Å²) in [6.07, 6.45) is 4.38. The van der Waals surface area contributed by atoms with Crippen molar-refractivity contribution in [1.29, 1.82) is 0 Å². The van der Waals surface area contributed by atoms with Crippen LogP contribution in [0.2, 0.25) is 5.02 Å². The summed E-state index contributed by atoms with van der Waals surface area (Å²) in [5.74, 6) is 0. The third-order valence-electron chi connectivity index (χ3n) is 3.70. The van der Waals surface area contributed by atoms with Gasteiger partial charge >= 0.3 is 6.03 Å². The fraction of sp³-hybridized carbons (Fsp3) is 0.533. The molecule has 2 amide bonds. The number of benzene rings is 1. The van der Waals surface area contributed by atoms with Crippen molar-refractivity contribution in [1.82, 2.24) is 10.6 Å². The molecule has 0 heterocycles. The normalized spacial score (nSPS) is 16.3. The molecule has 1 aliphatic carbocycles. The van der Waals surface area contributed by atoms with E-state index in [1.807, 2.05) is 24.3 Å². The molecule has 1 aromatic carbocycles. The highest BCUT2D eigenvalue weighted by Gasteiger charge is 2.34. The summed E-state index contributed by atoms with van der Waals surface area (Å²) in [6.45, 7) is 0.961. The van der Waals surface area contributed by atoms with E-state index in [9.17, 15) is 9.90 Å². The SMILES string of the molecule is O=C(NCCCc1ccc(Cl)cc1)NCC1(O)CCC1. The van der Waals surface area contributed by atoms with Crippen LogP contribution in [0.1, 0.15) is 31.2 Å². The number of hydrogen-bond acceptors (Lipinski definition) is 2. The molecule has 1 saturated carbocycles. The van der Waals surface area contributed by atoms with Crippen molar-refractivity contribution in [3.63, 3.8) is 0 Å². The molecule has 3 N–H and O–H groups in total. The highest BCUT2D eigenvalue weighted by molar-refractivity contribution is 6.30. The Morgan fingerprint density at radius 1 is 1.25 bits per heavy atom. The van der Waals surface area contributed by atoms with Crippen molar-refractivity contribution in [2.75, 3.05) is 13.1 Å². The van der Waals surface area contributed by atoms with Gasteiger partial charge in [-0.25, -0.2) is 4.79 Å². The molecule has 1 aromatic rings. The highest BCUT2D eigenvalue weighted by Crippen LogP contribution is 2.30. The van der Waals surface area contributed by atoms with E-state index < -0.39 is 5.60 Å². The number of halogens is 1. The smallest absolute Gasteiger partial charge is 0.314 e. The van der Waals surface area contributed by atoms with E-state index in [2.05, 4.69) is 10.6 Å². The van der Waals surface area contributed by atoms with Gasteiger partial charge in [-0.15, -0.1) is 0 Å². The van der Waals surface area contributed by atoms with E-state index in [1.54, 1.807) is 0 Å². The van der Waals surface area contributed by atoms with Gasteiger partial charge in [-0.05, 0) is 49.8 Å². The second kappa shape index (κ2) is 6.95. The van der Waals surface area contributed by atoms with Crippen LogP contribution in [0.4, 0.5) is 4.79 Å². The predicted octanol–water partition coefficient (Wildman–Crippen LogP) is 2.49. The molecule has 0 saturated heterocycles.